The highest BCUT2D eigenvalue weighted by Crippen LogP contribution is 2.41. The maximum Gasteiger partial charge on any atom is 0.146 e. The molecule has 0 unspecified atom stereocenters. The molecule has 3 heterocycles. The third-order valence-corrected chi connectivity index (χ3v) is 22.0. The van der Waals surface area contributed by atoms with E-state index in [9.17, 15) is 0 Å². The first-order valence-electron chi connectivity index (χ1n) is 16.7. The van der Waals surface area contributed by atoms with Crippen LogP contribution in [0.3, 0.4) is 0 Å². The third kappa shape index (κ3) is 8.68. The Bertz CT molecular complexity index is 1580. The molecular formula is C41H51N3Si2. The molecule has 0 bridgehead atoms. The average Bonchev–Trinajstić information content (AvgIpc) is 2.99. The summed E-state index contributed by atoms with van der Waals surface area (Å²) in [5.74, 6) is 19.5. The summed E-state index contributed by atoms with van der Waals surface area (Å²) in [4.78, 5) is 14.1. The van der Waals surface area contributed by atoms with Crippen molar-refractivity contribution in [2.24, 2.45) is 0 Å². The largest absolute Gasteiger partial charge is 0.231 e. The van der Waals surface area contributed by atoms with E-state index in [0.29, 0.717) is 56.0 Å². The van der Waals surface area contributed by atoms with E-state index in [-0.39, 0.29) is 0 Å². The van der Waals surface area contributed by atoms with Gasteiger partial charge in [0.2, 0.25) is 0 Å². The highest BCUT2D eigenvalue weighted by Gasteiger charge is 2.42. The number of pyridine rings is 3. The molecular weight excluding hydrogens is 591 g/mol. The number of hydrogen-bond acceptors (Lipinski definition) is 3. The van der Waals surface area contributed by atoms with Crippen molar-refractivity contribution >= 4 is 16.1 Å². The number of aromatic nitrogens is 3. The fraction of sp³-hybridized carbons (Fsp3) is 0.439. The molecule has 0 amide bonds. The lowest BCUT2D eigenvalue weighted by Gasteiger charge is -2.38. The van der Waals surface area contributed by atoms with E-state index in [0.717, 1.165) is 11.4 Å². The lowest BCUT2D eigenvalue weighted by molar-refractivity contribution is 0.838. The molecule has 0 N–H and O–H groups in total. The smallest absolute Gasteiger partial charge is 0.146 e. The van der Waals surface area contributed by atoms with Gasteiger partial charge in [-0.15, -0.1) is 11.1 Å². The molecule has 0 radical (unpaired) electrons. The van der Waals surface area contributed by atoms with Crippen LogP contribution in [0.1, 0.15) is 117 Å². The van der Waals surface area contributed by atoms with Gasteiger partial charge in [-0.3, -0.25) is 0 Å². The minimum absolute atomic E-state index is 0.573. The van der Waals surface area contributed by atoms with Crippen LogP contribution < -0.4 is 0 Å². The molecule has 3 aromatic rings. The molecule has 0 aliphatic heterocycles. The Morgan fingerprint density at radius 2 is 0.543 bits per heavy atom. The molecule has 3 aromatic heterocycles. The molecule has 0 saturated carbocycles. The zero-order chi connectivity index (χ0) is 34.1. The van der Waals surface area contributed by atoms with Crippen LogP contribution in [0.15, 0.2) is 54.6 Å². The Hall–Kier alpha value is -3.88. The van der Waals surface area contributed by atoms with Gasteiger partial charge >= 0.3 is 0 Å². The maximum atomic E-state index is 4.74. The summed E-state index contributed by atoms with van der Waals surface area (Å²) in [5, 5.41) is 0. The predicted molar refractivity (Wildman–Crippen MR) is 201 cm³/mol. The third-order valence-electron chi connectivity index (χ3n) is 9.43. The topological polar surface area (TPSA) is 38.7 Å². The van der Waals surface area contributed by atoms with E-state index in [1.807, 2.05) is 54.6 Å². The number of nitrogens with zero attached hydrogens (tertiary/aromatic N) is 3. The monoisotopic (exact) mass is 641 g/mol. The average molecular weight is 642 g/mol. The van der Waals surface area contributed by atoms with E-state index in [1.54, 1.807) is 0 Å². The Labute approximate surface area is 281 Å². The summed E-state index contributed by atoms with van der Waals surface area (Å²) in [5.41, 5.74) is 15.1. The molecule has 0 aliphatic rings. The van der Waals surface area contributed by atoms with Crippen LogP contribution >= 0.6 is 0 Å². The van der Waals surface area contributed by atoms with Gasteiger partial charge in [-0.25, -0.2) is 15.0 Å². The Balaban J connectivity index is 1.84. The number of hydrogen-bond donors (Lipinski definition) is 0. The molecule has 0 spiro atoms. The molecule has 3 nitrogen and oxygen atoms in total. The van der Waals surface area contributed by atoms with E-state index in [1.165, 1.54) is 0 Å². The zero-order valence-corrected chi connectivity index (χ0v) is 32.0. The SMILES string of the molecule is CC(C)[Si](C#Cc1cccc(C#Cc2cccc(C#Cc3cccc(C#C[Si](C(C)C)(C(C)C)C(C)C)n3)n2)n1)(C(C)C)C(C)C. The Morgan fingerprint density at radius 3 is 0.739 bits per heavy atom. The second kappa shape index (κ2) is 16.1. The van der Waals surface area contributed by atoms with E-state index in [4.69, 9.17) is 9.97 Å². The normalized spacial score (nSPS) is 11.5. The summed E-state index contributed by atoms with van der Waals surface area (Å²) in [7, 11) is -3.67. The van der Waals surface area contributed by atoms with Crippen molar-refractivity contribution in [2.45, 2.75) is 116 Å². The van der Waals surface area contributed by atoms with Crippen molar-refractivity contribution in [3.8, 4) is 46.6 Å². The quantitative estimate of drug-likeness (QED) is 0.199. The van der Waals surface area contributed by atoms with Gasteiger partial charge in [0.15, 0.2) is 0 Å². The minimum atomic E-state index is -1.84. The van der Waals surface area contributed by atoms with Crippen molar-refractivity contribution in [2.75, 3.05) is 0 Å². The maximum absolute atomic E-state index is 4.74. The number of rotatable bonds is 6. The van der Waals surface area contributed by atoms with Gasteiger partial charge in [0.05, 0.1) is 0 Å². The lowest BCUT2D eigenvalue weighted by Crippen LogP contribution is -2.43. The van der Waals surface area contributed by atoms with Crippen molar-refractivity contribution in [3.63, 3.8) is 0 Å². The van der Waals surface area contributed by atoms with Gasteiger partial charge in [0.25, 0.3) is 0 Å². The highest BCUT2D eigenvalue weighted by atomic mass is 28.3. The molecule has 46 heavy (non-hydrogen) atoms. The lowest BCUT2D eigenvalue weighted by atomic mass is 10.2. The Morgan fingerprint density at radius 1 is 0.348 bits per heavy atom. The summed E-state index contributed by atoms with van der Waals surface area (Å²) >= 11 is 0. The van der Waals surface area contributed by atoms with Crippen LogP contribution in [-0.2, 0) is 0 Å². The van der Waals surface area contributed by atoms with Crippen LogP contribution in [0.2, 0.25) is 33.2 Å². The van der Waals surface area contributed by atoms with Crippen LogP contribution in [-0.4, -0.2) is 31.1 Å². The summed E-state index contributed by atoms with van der Waals surface area (Å²) in [6.45, 7) is 27.9. The van der Waals surface area contributed by atoms with Crippen LogP contribution in [0.4, 0.5) is 0 Å². The molecule has 3 rings (SSSR count). The molecule has 0 aliphatic carbocycles. The van der Waals surface area contributed by atoms with Gasteiger partial charge < -0.3 is 0 Å². The van der Waals surface area contributed by atoms with Gasteiger partial charge in [0.1, 0.15) is 50.3 Å². The van der Waals surface area contributed by atoms with Gasteiger partial charge in [0, 0.05) is 0 Å². The molecule has 0 fully saturated rings. The Kier molecular flexibility index (Phi) is 12.8. The minimum Gasteiger partial charge on any atom is -0.231 e. The fourth-order valence-electron chi connectivity index (χ4n) is 7.19. The summed E-state index contributed by atoms with van der Waals surface area (Å²) in [6.07, 6.45) is 0. The standard InChI is InChI=1S/C41H51N3Si2/c1-30(2)45(31(3)4,32(5)6)28-26-40-20-14-18-38(43-40)24-22-36-16-13-17-37(42-36)23-25-39-19-15-21-41(44-39)27-29-46(33(7)8,34(9)10)35(11)12/h13-21,30-35H,1-12H3. The van der Waals surface area contributed by atoms with Crippen molar-refractivity contribution in [1.82, 2.24) is 15.0 Å². The highest BCUT2D eigenvalue weighted by molar-refractivity contribution is 6.91. The van der Waals surface area contributed by atoms with Crippen molar-refractivity contribution < 1.29 is 0 Å². The van der Waals surface area contributed by atoms with Gasteiger partial charge in [-0.05, 0) is 93.3 Å². The second-order valence-electron chi connectivity index (χ2n) is 14.0. The molecule has 0 aromatic carbocycles. The van der Waals surface area contributed by atoms with E-state index in [2.05, 4.69) is 135 Å². The molecule has 238 valence electrons. The molecule has 0 saturated heterocycles. The molecule has 0 atom stereocenters. The summed E-state index contributed by atoms with van der Waals surface area (Å²) in [6, 6.07) is 17.4. The van der Waals surface area contributed by atoms with Gasteiger partial charge in [-0.2, -0.15) is 0 Å². The van der Waals surface area contributed by atoms with E-state index >= 15 is 0 Å². The van der Waals surface area contributed by atoms with E-state index < -0.39 is 16.1 Å². The van der Waals surface area contributed by atoms with Crippen molar-refractivity contribution in [1.29, 1.82) is 0 Å². The van der Waals surface area contributed by atoms with Crippen LogP contribution in [0.5, 0.6) is 0 Å². The predicted octanol–water partition coefficient (Wildman–Crippen LogP) is 9.81. The zero-order valence-electron chi connectivity index (χ0n) is 30.0. The first-order chi connectivity index (χ1) is 21.7. The van der Waals surface area contributed by atoms with Crippen molar-refractivity contribution in [3.05, 3.63) is 88.8 Å². The summed E-state index contributed by atoms with van der Waals surface area (Å²) < 4.78 is 0. The fourth-order valence-corrected chi connectivity index (χ4v) is 17.6. The van der Waals surface area contributed by atoms with Gasteiger partial charge in [-0.1, -0.05) is 113 Å². The van der Waals surface area contributed by atoms with Crippen LogP contribution in [0.25, 0.3) is 0 Å². The molecule has 5 heteroatoms. The van der Waals surface area contributed by atoms with Crippen LogP contribution in [0, 0.1) is 46.6 Å². The first kappa shape index (κ1) is 36.6. The second-order valence-corrected chi connectivity index (χ2v) is 25.2. The first-order valence-corrected chi connectivity index (χ1v) is 21.2.